The number of rotatable bonds is 10. The zero-order valence-electron chi connectivity index (χ0n) is 22.7. The van der Waals surface area contributed by atoms with Gasteiger partial charge in [0, 0.05) is 56.4 Å². The van der Waals surface area contributed by atoms with Crippen molar-refractivity contribution in [1.29, 1.82) is 0 Å². The number of thioether (sulfide) groups is 1. The number of likely N-dealkylation sites (tertiary alicyclic amines) is 2. The topological polar surface area (TPSA) is 105 Å². The van der Waals surface area contributed by atoms with E-state index in [9.17, 15) is 19.7 Å². The highest BCUT2D eigenvalue weighted by Crippen LogP contribution is 2.31. The molecule has 2 aromatic carbocycles. The van der Waals surface area contributed by atoms with Crippen molar-refractivity contribution in [3.63, 3.8) is 0 Å². The maximum Gasteiger partial charge on any atom is 0.409 e. The van der Waals surface area contributed by atoms with Crippen molar-refractivity contribution in [3.8, 4) is 5.75 Å². The van der Waals surface area contributed by atoms with Crippen molar-refractivity contribution in [2.45, 2.75) is 36.5 Å². The van der Waals surface area contributed by atoms with E-state index in [0.29, 0.717) is 30.4 Å². The van der Waals surface area contributed by atoms with Crippen LogP contribution in [0.15, 0.2) is 48.5 Å². The molecule has 2 fully saturated rings. The van der Waals surface area contributed by atoms with Crippen molar-refractivity contribution in [3.05, 3.63) is 69.8 Å². The molecule has 2 heterocycles. The molecule has 11 heteroatoms. The summed E-state index contributed by atoms with van der Waals surface area (Å²) < 4.78 is 10.6. The molecule has 0 aliphatic carbocycles. The average molecular weight is 557 g/mol. The Labute approximate surface area is 233 Å². The van der Waals surface area contributed by atoms with Crippen LogP contribution >= 0.6 is 11.8 Å². The first kappa shape index (κ1) is 28.7. The Balaban J connectivity index is 1.19. The molecule has 39 heavy (non-hydrogen) atoms. The van der Waals surface area contributed by atoms with Crippen LogP contribution in [0, 0.1) is 16.0 Å². The second-order valence-corrected chi connectivity index (χ2v) is 11.6. The minimum absolute atomic E-state index is 0.00541. The monoisotopic (exact) mass is 556 g/mol. The number of non-ortho nitro benzene ring substituents is 1. The third-order valence-corrected chi connectivity index (χ3v) is 8.70. The number of hydrogen-bond acceptors (Lipinski definition) is 8. The molecule has 2 aliphatic rings. The summed E-state index contributed by atoms with van der Waals surface area (Å²) in [6, 6.07) is 13.9. The van der Waals surface area contributed by atoms with Crippen LogP contribution in [0.2, 0.25) is 0 Å². The van der Waals surface area contributed by atoms with Gasteiger partial charge in [-0.3, -0.25) is 19.8 Å². The number of methoxy groups -OCH3 is 1. The van der Waals surface area contributed by atoms with Gasteiger partial charge in [-0.25, -0.2) is 4.79 Å². The Hall–Kier alpha value is -3.31. The highest BCUT2D eigenvalue weighted by Gasteiger charge is 2.39. The summed E-state index contributed by atoms with van der Waals surface area (Å²) in [5, 5.41) is 11.2. The van der Waals surface area contributed by atoms with Crippen LogP contribution in [0.5, 0.6) is 5.75 Å². The number of nitro groups is 1. The van der Waals surface area contributed by atoms with E-state index in [-0.39, 0.29) is 30.2 Å². The standard InChI is InChI=1S/C28H36N4O6S/c1-29-17-25(39-19-21-6-10-24(37-3)11-7-21)14-26(29)27(33)31-13-12-22(16-31)15-30(2)28(34)38-18-20-4-8-23(9-5-20)32(35)36/h4-11,22,25-26H,12-19H2,1-3H3/t22-,25-,26-/m0/s1. The Morgan fingerprint density at radius 1 is 1.10 bits per heavy atom. The molecule has 2 aliphatic heterocycles. The van der Waals surface area contributed by atoms with E-state index in [2.05, 4.69) is 17.0 Å². The Kier molecular flexibility index (Phi) is 9.68. The lowest BCUT2D eigenvalue weighted by Crippen LogP contribution is -2.43. The van der Waals surface area contributed by atoms with Crippen LogP contribution in [0.1, 0.15) is 24.0 Å². The molecule has 0 unspecified atom stereocenters. The third kappa shape index (κ3) is 7.63. The first-order valence-electron chi connectivity index (χ1n) is 13.1. The van der Waals surface area contributed by atoms with Gasteiger partial charge in [-0.15, -0.1) is 0 Å². The van der Waals surface area contributed by atoms with Gasteiger partial charge < -0.3 is 19.3 Å². The van der Waals surface area contributed by atoms with Crippen molar-refractivity contribution in [2.24, 2.45) is 5.92 Å². The highest BCUT2D eigenvalue weighted by atomic mass is 32.2. The van der Waals surface area contributed by atoms with Crippen LogP contribution in [0.25, 0.3) is 0 Å². The van der Waals surface area contributed by atoms with Crippen LogP contribution in [-0.2, 0) is 21.9 Å². The summed E-state index contributed by atoms with van der Waals surface area (Å²) in [6.45, 7) is 2.76. The van der Waals surface area contributed by atoms with Gasteiger partial charge in [-0.1, -0.05) is 12.1 Å². The first-order chi connectivity index (χ1) is 18.7. The molecule has 0 N–H and O–H groups in total. The number of carbonyl (C=O) groups is 2. The smallest absolute Gasteiger partial charge is 0.409 e. The molecule has 3 atom stereocenters. The predicted molar refractivity (Wildman–Crippen MR) is 150 cm³/mol. The summed E-state index contributed by atoms with van der Waals surface area (Å²) in [7, 11) is 5.38. The van der Waals surface area contributed by atoms with Gasteiger partial charge in [0.05, 0.1) is 18.1 Å². The fourth-order valence-electron chi connectivity index (χ4n) is 5.12. The molecule has 210 valence electrons. The van der Waals surface area contributed by atoms with Gasteiger partial charge in [0.1, 0.15) is 12.4 Å². The number of nitro benzene ring substituents is 1. The highest BCUT2D eigenvalue weighted by molar-refractivity contribution is 7.99. The fourth-order valence-corrected chi connectivity index (χ4v) is 6.40. The molecule has 2 saturated heterocycles. The van der Waals surface area contributed by atoms with Gasteiger partial charge in [-0.05, 0) is 61.2 Å². The maximum absolute atomic E-state index is 13.4. The van der Waals surface area contributed by atoms with Gasteiger partial charge in [0.25, 0.3) is 5.69 Å². The molecular weight excluding hydrogens is 520 g/mol. The molecule has 0 aromatic heterocycles. The second-order valence-electron chi connectivity index (χ2n) is 10.3. The molecule has 4 rings (SSSR count). The van der Waals surface area contributed by atoms with E-state index >= 15 is 0 Å². The summed E-state index contributed by atoms with van der Waals surface area (Å²) in [4.78, 5) is 41.8. The number of benzene rings is 2. The summed E-state index contributed by atoms with van der Waals surface area (Å²) in [5.41, 5.74) is 1.92. The molecule has 10 nitrogen and oxygen atoms in total. The average Bonchev–Trinajstić information content (AvgIpc) is 3.56. The van der Waals surface area contributed by atoms with E-state index in [1.54, 1.807) is 26.3 Å². The van der Waals surface area contributed by atoms with Crippen molar-refractivity contribution >= 4 is 29.4 Å². The number of amides is 2. The molecule has 2 amide bonds. The van der Waals surface area contributed by atoms with Crippen LogP contribution in [-0.4, -0.2) is 90.3 Å². The molecular formula is C28H36N4O6S. The second kappa shape index (κ2) is 13.2. The van der Waals surface area contributed by atoms with E-state index in [0.717, 1.165) is 30.9 Å². The molecule has 0 bridgehead atoms. The molecule has 0 saturated carbocycles. The number of likely N-dealkylation sites (N-methyl/N-ethyl adjacent to an activating group) is 1. The lowest BCUT2D eigenvalue weighted by atomic mass is 10.1. The zero-order chi connectivity index (χ0) is 27.9. The van der Waals surface area contributed by atoms with E-state index in [1.165, 1.54) is 22.6 Å². The minimum atomic E-state index is -0.467. The lowest BCUT2D eigenvalue weighted by Gasteiger charge is -2.25. The number of ether oxygens (including phenoxy) is 2. The van der Waals surface area contributed by atoms with Gasteiger partial charge in [-0.2, -0.15) is 11.8 Å². The normalized spacial score (nSPS) is 21.1. The van der Waals surface area contributed by atoms with Crippen LogP contribution < -0.4 is 4.74 Å². The lowest BCUT2D eigenvalue weighted by molar-refractivity contribution is -0.384. The Morgan fingerprint density at radius 3 is 2.46 bits per heavy atom. The number of carbonyl (C=O) groups excluding carboxylic acids is 2. The van der Waals surface area contributed by atoms with Gasteiger partial charge in [0.2, 0.25) is 5.91 Å². The largest absolute Gasteiger partial charge is 0.497 e. The number of hydrogen-bond donors (Lipinski definition) is 0. The summed E-state index contributed by atoms with van der Waals surface area (Å²) in [6.07, 6.45) is 1.23. The summed E-state index contributed by atoms with van der Waals surface area (Å²) >= 11 is 1.89. The quantitative estimate of drug-likeness (QED) is 0.319. The van der Waals surface area contributed by atoms with E-state index in [4.69, 9.17) is 9.47 Å². The minimum Gasteiger partial charge on any atom is -0.497 e. The zero-order valence-corrected chi connectivity index (χ0v) is 23.5. The van der Waals surface area contributed by atoms with Crippen molar-refractivity contribution in [1.82, 2.24) is 14.7 Å². The Bertz CT molecular complexity index is 1150. The predicted octanol–water partition coefficient (Wildman–Crippen LogP) is 4.03. The van der Waals surface area contributed by atoms with E-state index in [1.807, 2.05) is 35.8 Å². The summed E-state index contributed by atoms with van der Waals surface area (Å²) in [5.74, 6) is 2.12. The maximum atomic E-state index is 13.4. The van der Waals surface area contributed by atoms with Gasteiger partial charge in [0.15, 0.2) is 0 Å². The number of nitrogens with zero attached hydrogens (tertiary/aromatic N) is 4. The van der Waals surface area contributed by atoms with Crippen LogP contribution in [0.4, 0.5) is 10.5 Å². The first-order valence-corrected chi connectivity index (χ1v) is 14.1. The Morgan fingerprint density at radius 2 is 1.79 bits per heavy atom. The van der Waals surface area contributed by atoms with E-state index < -0.39 is 11.0 Å². The third-order valence-electron chi connectivity index (χ3n) is 7.39. The fraction of sp³-hybridized carbons (Fsp3) is 0.500. The van der Waals surface area contributed by atoms with Crippen molar-refractivity contribution < 1.29 is 24.0 Å². The molecule has 2 aromatic rings. The molecule has 0 radical (unpaired) electrons. The van der Waals surface area contributed by atoms with Crippen LogP contribution in [0.3, 0.4) is 0 Å². The molecule has 0 spiro atoms. The van der Waals surface area contributed by atoms with Gasteiger partial charge >= 0.3 is 6.09 Å². The van der Waals surface area contributed by atoms with Crippen molar-refractivity contribution in [2.75, 3.05) is 47.4 Å². The SMILES string of the molecule is COc1ccc(CS[C@H]2C[C@@H](C(=O)N3CC[C@@H](CN(C)C(=O)OCc4ccc([N+](=O)[O-])cc4)C3)N(C)C2)cc1.